The fourth-order valence-electron chi connectivity index (χ4n) is 4.89. The highest BCUT2D eigenvalue weighted by Gasteiger charge is 2.59. The van der Waals surface area contributed by atoms with Gasteiger partial charge in [0, 0.05) is 5.02 Å². The predicted octanol–water partition coefficient (Wildman–Crippen LogP) is 4.75. The lowest BCUT2D eigenvalue weighted by Gasteiger charge is -2.13. The SMILES string of the molecule is CCOc1cc(C=NN2C(=O)C3C4C=CC(C4)C3C2=O)ccc1OC(=O)c1ccc(Cl)cc1Cl. The maximum atomic E-state index is 12.8. The molecular formula is C25H20Cl2N2O5. The van der Waals surface area contributed by atoms with Crippen molar-refractivity contribution in [2.24, 2.45) is 28.8 Å². The second-order valence-electron chi connectivity index (χ2n) is 8.39. The van der Waals surface area contributed by atoms with Gasteiger partial charge in [0.05, 0.1) is 35.2 Å². The molecule has 1 aliphatic heterocycles. The van der Waals surface area contributed by atoms with Crippen molar-refractivity contribution >= 4 is 47.2 Å². The molecule has 34 heavy (non-hydrogen) atoms. The van der Waals surface area contributed by atoms with Crippen molar-refractivity contribution in [1.82, 2.24) is 5.01 Å². The van der Waals surface area contributed by atoms with E-state index in [2.05, 4.69) is 5.10 Å². The molecule has 0 radical (unpaired) electrons. The number of nitrogens with zero attached hydrogens (tertiary/aromatic N) is 2. The number of rotatable bonds is 6. The smallest absolute Gasteiger partial charge is 0.345 e. The molecule has 0 aromatic heterocycles. The third-order valence-corrected chi connectivity index (χ3v) is 6.94. The first-order chi connectivity index (χ1) is 16.4. The van der Waals surface area contributed by atoms with E-state index in [1.54, 1.807) is 31.2 Å². The van der Waals surface area contributed by atoms with Crippen molar-refractivity contribution in [1.29, 1.82) is 0 Å². The standard InChI is InChI=1S/C25H20Cl2N2O5/c1-2-33-20-9-13(3-8-19(20)34-25(32)17-7-6-16(26)11-18(17)27)12-28-29-23(30)21-14-4-5-15(10-14)22(21)24(29)31/h3-9,11-12,14-15,21-22H,2,10H2,1H3. The first kappa shape index (κ1) is 22.6. The van der Waals surface area contributed by atoms with Gasteiger partial charge in [-0.05, 0) is 67.1 Å². The van der Waals surface area contributed by atoms with E-state index < -0.39 is 5.97 Å². The van der Waals surface area contributed by atoms with Crippen LogP contribution >= 0.6 is 23.2 Å². The number of hydrogen-bond donors (Lipinski definition) is 0. The minimum absolute atomic E-state index is 0.124. The van der Waals surface area contributed by atoms with Crippen LogP contribution in [0.15, 0.2) is 53.7 Å². The van der Waals surface area contributed by atoms with Crippen molar-refractivity contribution in [3.05, 3.63) is 69.7 Å². The molecule has 1 saturated carbocycles. The highest BCUT2D eigenvalue weighted by Crippen LogP contribution is 2.52. The third kappa shape index (κ3) is 3.89. The van der Waals surface area contributed by atoms with Gasteiger partial charge in [-0.25, -0.2) is 4.79 Å². The molecule has 2 fully saturated rings. The molecule has 5 rings (SSSR count). The number of hydrogen-bond acceptors (Lipinski definition) is 6. The van der Waals surface area contributed by atoms with Gasteiger partial charge in [0.25, 0.3) is 11.8 Å². The first-order valence-corrected chi connectivity index (χ1v) is 11.7. The van der Waals surface area contributed by atoms with Gasteiger partial charge in [0.2, 0.25) is 0 Å². The van der Waals surface area contributed by atoms with Crippen molar-refractivity contribution < 1.29 is 23.9 Å². The highest BCUT2D eigenvalue weighted by molar-refractivity contribution is 6.36. The van der Waals surface area contributed by atoms with E-state index >= 15 is 0 Å². The first-order valence-electron chi connectivity index (χ1n) is 10.9. The van der Waals surface area contributed by atoms with E-state index in [1.165, 1.54) is 18.3 Å². The highest BCUT2D eigenvalue weighted by atomic mass is 35.5. The molecule has 9 heteroatoms. The Hall–Kier alpha value is -3.16. The van der Waals surface area contributed by atoms with Crippen LogP contribution < -0.4 is 9.47 Å². The number of allylic oxidation sites excluding steroid dienone is 2. The normalized spacial score (nSPS) is 24.9. The molecule has 0 spiro atoms. The third-order valence-electron chi connectivity index (χ3n) is 6.39. The number of ether oxygens (including phenoxy) is 2. The number of imide groups is 1. The summed E-state index contributed by atoms with van der Waals surface area (Å²) >= 11 is 12.0. The van der Waals surface area contributed by atoms with E-state index in [0.29, 0.717) is 22.9 Å². The Morgan fingerprint density at radius 1 is 1.06 bits per heavy atom. The molecule has 0 N–H and O–H groups in total. The fraction of sp³-hybridized carbons (Fsp3) is 0.280. The average molecular weight is 499 g/mol. The largest absolute Gasteiger partial charge is 0.490 e. The van der Waals surface area contributed by atoms with Gasteiger partial charge in [-0.2, -0.15) is 10.1 Å². The molecule has 2 amide bonds. The van der Waals surface area contributed by atoms with Gasteiger partial charge in [-0.15, -0.1) is 0 Å². The van der Waals surface area contributed by atoms with E-state index in [1.807, 2.05) is 12.2 Å². The summed E-state index contributed by atoms with van der Waals surface area (Å²) in [6.07, 6.45) is 6.37. The Morgan fingerprint density at radius 3 is 2.41 bits per heavy atom. The molecule has 7 nitrogen and oxygen atoms in total. The maximum Gasteiger partial charge on any atom is 0.345 e. The van der Waals surface area contributed by atoms with Crippen molar-refractivity contribution in [2.75, 3.05) is 6.61 Å². The monoisotopic (exact) mass is 498 g/mol. The number of esters is 1. The van der Waals surface area contributed by atoms with Crippen molar-refractivity contribution in [2.45, 2.75) is 13.3 Å². The number of carbonyl (C=O) groups is 3. The zero-order valence-electron chi connectivity index (χ0n) is 18.1. The van der Waals surface area contributed by atoms with E-state index in [9.17, 15) is 14.4 Å². The van der Waals surface area contributed by atoms with Crippen LogP contribution in [0.1, 0.15) is 29.3 Å². The average Bonchev–Trinajstić information content (AvgIpc) is 3.48. The maximum absolute atomic E-state index is 12.8. The summed E-state index contributed by atoms with van der Waals surface area (Å²) in [6, 6.07) is 9.31. The van der Waals surface area contributed by atoms with Crippen LogP contribution in [0, 0.1) is 23.7 Å². The molecule has 1 saturated heterocycles. The van der Waals surface area contributed by atoms with Crippen LogP contribution in [0.2, 0.25) is 10.0 Å². The van der Waals surface area contributed by atoms with Gasteiger partial charge in [0.15, 0.2) is 11.5 Å². The predicted molar refractivity (Wildman–Crippen MR) is 126 cm³/mol. The second kappa shape index (κ2) is 8.89. The number of fused-ring (bicyclic) bond motifs is 5. The zero-order chi connectivity index (χ0) is 24.0. The Labute approximate surface area is 205 Å². The van der Waals surface area contributed by atoms with Gasteiger partial charge in [-0.3, -0.25) is 9.59 Å². The Bertz CT molecular complexity index is 1230. The summed E-state index contributed by atoms with van der Waals surface area (Å²) in [7, 11) is 0. The van der Waals surface area contributed by atoms with Gasteiger partial charge >= 0.3 is 5.97 Å². The summed E-state index contributed by atoms with van der Waals surface area (Å²) in [5.74, 6) is -1.02. The Kier molecular flexibility index (Phi) is 5.91. The van der Waals surface area contributed by atoms with Crippen LogP contribution in [-0.2, 0) is 9.59 Å². The van der Waals surface area contributed by atoms with Gasteiger partial charge in [-0.1, -0.05) is 35.4 Å². The van der Waals surface area contributed by atoms with Crippen molar-refractivity contribution in [3.63, 3.8) is 0 Å². The lowest BCUT2D eigenvalue weighted by atomic mass is 9.85. The quantitative estimate of drug-likeness (QED) is 0.188. The molecule has 4 unspecified atom stereocenters. The van der Waals surface area contributed by atoms with Crippen LogP contribution in [-0.4, -0.2) is 35.6 Å². The number of carbonyl (C=O) groups excluding carboxylic acids is 3. The molecule has 1 heterocycles. The van der Waals surface area contributed by atoms with Crippen LogP contribution in [0.5, 0.6) is 11.5 Å². The number of halogens is 2. The van der Waals surface area contributed by atoms with Gasteiger partial charge < -0.3 is 9.47 Å². The van der Waals surface area contributed by atoms with E-state index in [0.717, 1.165) is 11.4 Å². The van der Waals surface area contributed by atoms with Gasteiger partial charge in [0.1, 0.15) is 0 Å². The number of amides is 2. The topological polar surface area (TPSA) is 85.3 Å². The minimum Gasteiger partial charge on any atom is -0.490 e. The molecule has 4 atom stereocenters. The summed E-state index contributed by atoms with van der Waals surface area (Å²) in [4.78, 5) is 38.2. The molecule has 2 aliphatic carbocycles. The molecule has 174 valence electrons. The Morgan fingerprint density at radius 2 is 1.76 bits per heavy atom. The van der Waals surface area contributed by atoms with E-state index in [-0.39, 0.29) is 51.8 Å². The number of hydrazone groups is 1. The van der Waals surface area contributed by atoms with Crippen LogP contribution in [0.3, 0.4) is 0 Å². The summed E-state index contributed by atoms with van der Waals surface area (Å²) in [5, 5.41) is 5.75. The molecular weight excluding hydrogens is 479 g/mol. The van der Waals surface area contributed by atoms with Crippen LogP contribution in [0.25, 0.3) is 0 Å². The molecule has 2 bridgehead atoms. The molecule has 2 aromatic rings. The summed E-state index contributed by atoms with van der Waals surface area (Å²) < 4.78 is 11.1. The molecule has 2 aromatic carbocycles. The summed E-state index contributed by atoms with van der Waals surface area (Å²) in [6.45, 7) is 2.13. The lowest BCUT2D eigenvalue weighted by molar-refractivity contribution is -0.140. The fourth-order valence-corrected chi connectivity index (χ4v) is 5.38. The second-order valence-corrected chi connectivity index (χ2v) is 9.23. The number of benzene rings is 2. The molecule has 3 aliphatic rings. The lowest BCUT2D eigenvalue weighted by Crippen LogP contribution is -2.28. The van der Waals surface area contributed by atoms with E-state index in [4.69, 9.17) is 32.7 Å². The summed E-state index contributed by atoms with van der Waals surface area (Å²) in [5.41, 5.74) is 0.741. The zero-order valence-corrected chi connectivity index (χ0v) is 19.6. The van der Waals surface area contributed by atoms with Crippen LogP contribution in [0.4, 0.5) is 0 Å². The minimum atomic E-state index is -0.660. The van der Waals surface area contributed by atoms with Crippen molar-refractivity contribution in [3.8, 4) is 11.5 Å². The Balaban J connectivity index is 1.34.